The van der Waals surface area contributed by atoms with Crippen LogP contribution in [0.3, 0.4) is 0 Å². The third kappa shape index (κ3) is 3.75. The lowest BCUT2D eigenvalue weighted by Gasteiger charge is -2.20. The van der Waals surface area contributed by atoms with Crippen molar-refractivity contribution in [1.29, 1.82) is 0 Å². The number of hydrogen-bond donors (Lipinski definition) is 0. The number of fused-ring (bicyclic) bond motifs is 1. The van der Waals surface area contributed by atoms with Crippen molar-refractivity contribution in [2.24, 2.45) is 0 Å². The van der Waals surface area contributed by atoms with Crippen molar-refractivity contribution >= 4 is 22.6 Å². The van der Waals surface area contributed by atoms with E-state index in [0.29, 0.717) is 13.0 Å². The molecule has 1 amide bonds. The van der Waals surface area contributed by atoms with E-state index in [4.69, 9.17) is 9.72 Å². The first-order valence-electron chi connectivity index (χ1n) is 11.8. The lowest BCUT2D eigenvalue weighted by atomic mass is 9.94. The van der Waals surface area contributed by atoms with E-state index in [1.807, 2.05) is 35.2 Å². The molecular weight excluding hydrogens is 422 g/mol. The van der Waals surface area contributed by atoms with Crippen molar-refractivity contribution in [2.75, 3.05) is 18.6 Å². The molecule has 5 rings (SSSR count). The van der Waals surface area contributed by atoms with Crippen LogP contribution < -0.4 is 9.64 Å². The molecule has 5 heteroatoms. The van der Waals surface area contributed by atoms with E-state index in [1.54, 1.807) is 7.11 Å². The molecular formula is C29H31N3O2. The number of benzene rings is 3. The maximum atomic E-state index is 13.1. The molecule has 0 saturated carbocycles. The van der Waals surface area contributed by atoms with E-state index in [-0.39, 0.29) is 11.8 Å². The second-order valence-corrected chi connectivity index (χ2v) is 9.39. The fourth-order valence-corrected chi connectivity index (χ4v) is 5.16. The van der Waals surface area contributed by atoms with Gasteiger partial charge >= 0.3 is 0 Å². The van der Waals surface area contributed by atoms with Gasteiger partial charge < -0.3 is 14.2 Å². The van der Waals surface area contributed by atoms with Crippen LogP contribution in [0.4, 0.5) is 5.69 Å². The topological polar surface area (TPSA) is 47.4 Å². The Labute approximate surface area is 201 Å². The van der Waals surface area contributed by atoms with E-state index < -0.39 is 0 Å². The minimum atomic E-state index is 0.0357. The van der Waals surface area contributed by atoms with Crippen LogP contribution >= 0.6 is 0 Å². The Hall–Kier alpha value is -3.60. The average Bonchev–Trinajstić information content (AvgIpc) is 3.41. The number of anilines is 1. The summed E-state index contributed by atoms with van der Waals surface area (Å²) in [6.45, 7) is 10.2. The molecule has 1 aliphatic heterocycles. The van der Waals surface area contributed by atoms with Crippen molar-refractivity contribution in [3.05, 3.63) is 88.2 Å². The first-order chi connectivity index (χ1) is 16.4. The molecule has 1 fully saturated rings. The Morgan fingerprint density at radius 1 is 0.971 bits per heavy atom. The molecule has 1 atom stereocenters. The van der Waals surface area contributed by atoms with Crippen LogP contribution in [0.2, 0.25) is 0 Å². The summed E-state index contributed by atoms with van der Waals surface area (Å²) in [6.07, 6.45) is 0.458. The van der Waals surface area contributed by atoms with Crippen LogP contribution in [-0.2, 0) is 11.3 Å². The van der Waals surface area contributed by atoms with Gasteiger partial charge in [0.1, 0.15) is 11.6 Å². The predicted octanol–water partition coefficient (Wildman–Crippen LogP) is 5.85. The number of methoxy groups -OCH3 is 1. The molecule has 1 unspecified atom stereocenters. The molecule has 174 valence electrons. The number of nitrogens with zero attached hydrogens (tertiary/aromatic N) is 3. The highest BCUT2D eigenvalue weighted by molar-refractivity contribution is 5.96. The summed E-state index contributed by atoms with van der Waals surface area (Å²) in [7, 11) is 1.65. The number of carbonyl (C=O) groups excluding carboxylic acids is 1. The van der Waals surface area contributed by atoms with Crippen molar-refractivity contribution in [2.45, 2.75) is 46.6 Å². The van der Waals surface area contributed by atoms with Crippen LogP contribution in [0.5, 0.6) is 5.75 Å². The third-order valence-electron chi connectivity index (χ3n) is 7.40. The van der Waals surface area contributed by atoms with Gasteiger partial charge in [-0.15, -0.1) is 0 Å². The quantitative estimate of drug-likeness (QED) is 0.381. The van der Waals surface area contributed by atoms with Gasteiger partial charge in [0, 0.05) is 31.1 Å². The lowest BCUT2D eigenvalue weighted by Crippen LogP contribution is -2.24. The lowest BCUT2D eigenvalue weighted by molar-refractivity contribution is -0.117. The minimum Gasteiger partial charge on any atom is -0.497 e. The smallest absolute Gasteiger partial charge is 0.227 e. The monoisotopic (exact) mass is 453 g/mol. The Morgan fingerprint density at radius 2 is 1.65 bits per heavy atom. The largest absolute Gasteiger partial charge is 0.497 e. The molecule has 34 heavy (non-hydrogen) atoms. The second kappa shape index (κ2) is 8.64. The summed E-state index contributed by atoms with van der Waals surface area (Å²) < 4.78 is 7.61. The van der Waals surface area contributed by atoms with Gasteiger partial charge in [-0.1, -0.05) is 18.2 Å². The van der Waals surface area contributed by atoms with Gasteiger partial charge in [0.25, 0.3) is 0 Å². The van der Waals surface area contributed by atoms with Crippen molar-refractivity contribution in [3.63, 3.8) is 0 Å². The zero-order valence-corrected chi connectivity index (χ0v) is 20.6. The molecule has 1 aromatic heterocycles. The maximum absolute atomic E-state index is 13.1. The standard InChI is InChI=1S/C29H31N3O2/c1-18-14-19(2)21(4)25(20(18)3)17-32-27-9-7-6-8-26(27)30-29(32)22-15-28(33)31(16-22)23-10-12-24(34-5)13-11-23/h6-14,22H,15-17H2,1-5H3. The number of imidazole rings is 1. The highest BCUT2D eigenvalue weighted by atomic mass is 16.5. The average molecular weight is 454 g/mol. The molecule has 5 nitrogen and oxygen atoms in total. The van der Waals surface area contributed by atoms with Crippen LogP contribution in [0, 0.1) is 27.7 Å². The Bertz CT molecular complexity index is 1360. The van der Waals surface area contributed by atoms with Crippen LogP contribution in [0.1, 0.15) is 46.0 Å². The van der Waals surface area contributed by atoms with Gasteiger partial charge in [-0.05, 0) is 91.9 Å². The zero-order valence-electron chi connectivity index (χ0n) is 20.6. The summed E-state index contributed by atoms with van der Waals surface area (Å²) in [6, 6.07) is 18.3. The first kappa shape index (κ1) is 22.2. The van der Waals surface area contributed by atoms with Gasteiger partial charge in [0.2, 0.25) is 5.91 Å². The second-order valence-electron chi connectivity index (χ2n) is 9.39. The molecule has 2 heterocycles. The maximum Gasteiger partial charge on any atom is 0.227 e. The fourth-order valence-electron chi connectivity index (χ4n) is 5.16. The minimum absolute atomic E-state index is 0.0357. The molecule has 0 aliphatic carbocycles. The summed E-state index contributed by atoms with van der Waals surface area (Å²) in [4.78, 5) is 20.0. The van der Waals surface area contributed by atoms with Gasteiger partial charge in [-0.2, -0.15) is 0 Å². The first-order valence-corrected chi connectivity index (χ1v) is 11.8. The van der Waals surface area contributed by atoms with Crippen LogP contribution in [0.25, 0.3) is 11.0 Å². The summed E-state index contributed by atoms with van der Waals surface area (Å²) in [5.41, 5.74) is 9.62. The molecule has 0 N–H and O–H groups in total. The van der Waals surface area contributed by atoms with Crippen LogP contribution in [-0.4, -0.2) is 29.1 Å². The predicted molar refractivity (Wildman–Crippen MR) is 137 cm³/mol. The Morgan fingerprint density at radius 3 is 2.32 bits per heavy atom. The highest BCUT2D eigenvalue weighted by Crippen LogP contribution is 2.35. The molecule has 4 aromatic rings. The van der Waals surface area contributed by atoms with Gasteiger partial charge in [-0.25, -0.2) is 4.98 Å². The third-order valence-corrected chi connectivity index (χ3v) is 7.40. The number of para-hydroxylation sites is 2. The highest BCUT2D eigenvalue weighted by Gasteiger charge is 2.35. The normalized spacial score (nSPS) is 16.0. The number of carbonyl (C=O) groups is 1. The summed E-state index contributed by atoms with van der Waals surface area (Å²) in [5.74, 6) is 1.94. The van der Waals surface area contributed by atoms with Gasteiger partial charge in [0.05, 0.1) is 18.1 Å². The number of aromatic nitrogens is 2. The Balaban J connectivity index is 1.55. The molecule has 3 aromatic carbocycles. The van der Waals surface area contributed by atoms with Gasteiger partial charge in [0.15, 0.2) is 0 Å². The zero-order chi connectivity index (χ0) is 24.0. The number of amides is 1. The molecule has 0 radical (unpaired) electrons. The molecule has 0 spiro atoms. The van der Waals surface area contributed by atoms with E-state index in [9.17, 15) is 4.79 Å². The van der Waals surface area contributed by atoms with E-state index in [2.05, 4.69) is 56.5 Å². The van der Waals surface area contributed by atoms with Crippen molar-refractivity contribution < 1.29 is 9.53 Å². The van der Waals surface area contributed by atoms with E-state index in [1.165, 1.54) is 27.8 Å². The fraction of sp³-hybridized carbons (Fsp3) is 0.310. The Kier molecular flexibility index (Phi) is 5.64. The van der Waals surface area contributed by atoms with E-state index >= 15 is 0 Å². The summed E-state index contributed by atoms with van der Waals surface area (Å²) >= 11 is 0. The van der Waals surface area contributed by atoms with Crippen LogP contribution in [0.15, 0.2) is 54.6 Å². The molecule has 0 bridgehead atoms. The SMILES string of the molecule is COc1ccc(N2CC(c3nc4ccccc4n3Cc3c(C)c(C)cc(C)c3C)CC2=O)cc1. The van der Waals surface area contributed by atoms with E-state index in [0.717, 1.165) is 34.8 Å². The number of rotatable bonds is 5. The molecule has 1 saturated heterocycles. The number of ether oxygens (including phenoxy) is 1. The van der Waals surface area contributed by atoms with Gasteiger partial charge in [-0.3, -0.25) is 4.79 Å². The summed E-state index contributed by atoms with van der Waals surface area (Å²) in [5, 5.41) is 0. The van der Waals surface area contributed by atoms with Crippen molar-refractivity contribution in [3.8, 4) is 5.75 Å². The van der Waals surface area contributed by atoms with Crippen molar-refractivity contribution in [1.82, 2.24) is 9.55 Å². The number of hydrogen-bond acceptors (Lipinski definition) is 3. The number of aryl methyl sites for hydroxylation is 2. The molecule has 1 aliphatic rings.